The van der Waals surface area contributed by atoms with E-state index in [0.29, 0.717) is 35.6 Å². The van der Waals surface area contributed by atoms with Crippen LogP contribution >= 0.6 is 0 Å². The van der Waals surface area contributed by atoms with E-state index in [1.807, 2.05) is 36.4 Å². The van der Waals surface area contributed by atoms with Gasteiger partial charge in [0.25, 0.3) is 10.0 Å². The fraction of sp³-hybridized carbons (Fsp3) is 0.182. The van der Waals surface area contributed by atoms with E-state index in [1.165, 1.54) is 30.2 Å². The molecule has 1 fully saturated rings. The highest BCUT2D eigenvalue weighted by atomic mass is 32.2. The Labute approximate surface area is 251 Å². The van der Waals surface area contributed by atoms with Crippen molar-refractivity contribution >= 4 is 44.3 Å². The molecule has 0 atom stereocenters. The van der Waals surface area contributed by atoms with E-state index in [2.05, 4.69) is 68.4 Å². The first kappa shape index (κ1) is 28.3. The maximum Gasteiger partial charge on any atom is 0.263 e. The van der Waals surface area contributed by atoms with Gasteiger partial charge in [-0.25, -0.2) is 18.4 Å². The van der Waals surface area contributed by atoms with Gasteiger partial charge in [-0.3, -0.25) is 14.4 Å². The zero-order valence-electron chi connectivity index (χ0n) is 23.7. The molecule has 9 nitrogen and oxygen atoms in total. The van der Waals surface area contributed by atoms with E-state index in [0.717, 1.165) is 13.1 Å². The Bertz CT molecular complexity index is 1790. The predicted molar refractivity (Wildman–Crippen MR) is 170 cm³/mol. The number of fused-ring (bicyclic) bond motifs is 1. The number of para-hydroxylation sites is 2. The van der Waals surface area contributed by atoms with E-state index >= 15 is 0 Å². The number of benzene rings is 4. The van der Waals surface area contributed by atoms with Gasteiger partial charge in [-0.05, 0) is 47.5 Å². The van der Waals surface area contributed by atoms with Gasteiger partial charge < -0.3 is 10.2 Å². The average Bonchev–Trinajstić information content (AvgIpc) is 3.02. The maximum absolute atomic E-state index is 13.5. The lowest BCUT2D eigenvalue weighted by Crippen LogP contribution is -2.48. The van der Waals surface area contributed by atoms with Crippen molar-refractivity contribution in [2.45, 2.75) is 17.9 Å². The van der Waals surface area contributed by atoms with Gasteiger partial charge >= 0.3 is 0 Å². The molecule has 0 saturated carbocycles. The number of nitrogens with zero attached hydrogens (tertiary/aromatic N) is 4. The Balaban J connectivity index is 1.28. The lowest BCUT2D eigenvalue weighted by molar-refractivity contribution is -0.114. The van der Waals surface area contributed by atoms with E-state index in [9.17, 15) is 13.2 Å². The smallest absolute Gasteiger partial charge is 0.263 e. The normalized spacial score (nSPS) is 14.1. The molecule has 1 saturated heterocycles. The third-order valence-electron chi connectivity index (χ3n) is 7.48. The number of carbonyl (C=O) groups is 1. The monoisotopic (exact) mass is 592 g/mol. The van der Waals surface area contributed by atoms with Gasteiger partial charge in [-0.2, -0.15) is 0 Å². The Morgan fingerprint density at radius 2 is 1.26 bits per heavy atom. The van der Waals surface area contributed by atoms with Crippen LogP contribution in [0.5, 0.6) is 0 Å². The van der Waals surface area contributed by atoms with Crippen molar-refractivity contribution in [2.24, 2.45) is 0 Å². The molecule has 0 bridgehead atoms. The molecule has 2 heterocycles. The van der Waals surface area contributed by atoms with Crippen LogP contribution in [0.3, 0.4) is 0 Å². The summed E-state index contributed by atoms with van der Waals surface area (Å²) in [4.78, 5) is 25.6. The van der Waals surface area contributed by atoms with Crippen LogP contribution < -0.4 is 14.9 Å². The number of hydrogen-bond acceptors (Lipinski definition) is 7. The number of carbonyl (C=O) groups excluding carboxylic acids is 1. The molecule has 0 unspecified atom stereocenters. The quantitative estimate of drug-likeness (QED) is 0.252. The molecule has 1 aliphatic rings. The molecule has 5 aromatic rings. The second-order valence-corrected chi connectivity index (χ2v) is 12.1. The van der Waals surface area contributed by atoms with Crippen molar-refractivity contribution in [3.63, 3.8) is 0 Å². The maximum atomic E-state index is 13.5. The molecule has 43 heavy (non-hydrogen) atoms. The van der Waals surface area contributed by atoms with Crippen LogP contribution in [-0.4, -0.2) is 55.4 Å². The SMILES string of the molecule is CC(=O)Nc1ccc(S(=O)(=O)Nc2nc3ccccc3nc2N2CCN(C(c3ccccc3)c3ccccc3)CC2)cc1. The minimum atomic E-state index is -3.99. The van der Waals surface area contributed by atoms with Gasteiger partial charge in [-0.1, -0.05) is 72.8 Å². The number of piperazine rings is 1. The molecule has 2 N–H and O–H groups in total. The van der Waals surface area contributed by atoms with Gasteiger partial charge in [0.05, 0.1) is 22.0 Å². The average molecular weight is 593 g/mol. The number of hydrogen-bond donors (Lipinski definition) is 2. The summed E-state index contributed by atoms with van der Waals surface area (Å²) in [7, 11) is -3.99. The highest BCUT2D eigenvalue weighted by Crippen LogP contribution is 2.32. The summed E-state index contributed by atoms with van der Waals surface area (Å²) < 4.78 is 29.6. The fourth-order valence-electron chi connectivity index (χ4n) is 5.46. The van der Waals surface area contributed by atoms with E-state index < -0.39 is 10.0 Å². The molecule has 0 spiro atoms. The van der Waals surface area contributed by atoms with Crippen LogP contribution in [0.4, 0.5) is 17.3 Å². The second kappa shape index (κ2) is 12.2. The number of amides is 1. The molecule has 1 aromatic heterocycles. The van der Waals surface area contributed by atoms with Crippen molar-refractivity contribution in [1.29, 1.82) is 0 Å². The minimum absolute atomic E-state index is 0.0564. The summed E-state index contributed by atoms with van der Waals surface area (Å²) in [5.74, 6) is 0.442. The van der Waals surface area contributed by atoms with Crippen LogP contribution in [0.1, 0.15) is 24.1 Å². The number of aromatic nitrogens is 2. The predicted octanol–water partition coefficient (Wildman–Crippen LogP) is 5.30. The molecule has 6 rings (SSSR count). The largest absolute Gasteiger partial charge is 0.351 e. The van der Waals surface area contributed by atoms with Crippen molar-refractivity contribution in [3.05, 3.63) is 120 Å². The number of nitrogens with one attached hydrogen (secondary N) is 2. The van der Waals surface area contributed by atoms with Crippen molar-refractivity contribution in [1.82, 2.24) is 14.9 Å². The van der Waals surface area contributed by atoms with Crippen LogP contribution in [0.2, 0.25) is 0 Å². The Morgan fingerprint density at radius 1 is 0.721 bits per heavy atom. The van der Waals surface area contributed by atoms with E-state index in [1.54, 1.807) is 12.1 Å². The highest BCUT2D eigenvalue weighted by Gasteiger charge is 2.29. The molecule has 0 aliphatic carbocycles. The summed E-state index contributed by atoms with van der Waals surface area (Å²) in [5.41, 5.74) is 4.25. The minimum Gasteiger partial charge on any atom is -0.351 e. The molecule has 10 heteroatoms. The Hall–Kier alpha value is -4.80. The van der Waals surface area contributed by atoms with Crippen molar-refractivity contribution < 1.29 is 13.2 Å². The molecule has 4 aromatic carbocycles. The Morgan fingerprint density at radius 3 is 1.81 bits per heavy atom. The zero-order valence-corrected chi connectivity index (χ0v) is 24.5. The molecule has 1 amide bonds. The van der Waals surface area contributed by atoms with Gasteiger partial charge in [0, 0.05) is 38.8 Å². The summed E-state index contributed by atoms with van der Waals surface area (Å²) in [5, 5.41) is 2.65. The van der Waals surface area contributed by atoms with Crippen LogP contribution in [-0.2, 0) is 14.8 Å². The first-order chi connectivity index (χ1) is 20.9. The van der Waals surface area contributed by atoms with Crippen LogP contribution in [0.15, 0.2) is 114 Å². The number of anilines is 3. The van der Waals surface area contributed by atoms with Gasteiger partial charge in [0.2, 0.25) is 5.91 Å². The van der Waals surface area contributed by atoms with Gasteiger partial charge in [0.15, 0.2) is 11.6 Å². The molecular weight excluding hydrogens is 560 g/mol. The van der Waals surface area contributed by atoms with Crippen LogP contribution in [0.25, 0.3) is 11.0 Å². The molecule has 1 aliphatic heterocycles. The summed E-state index contributed by atoms with van der Waals surface area (Å²) in [6.45, 7) is 4.18. The Kier molecular flexibility index (Phi) is 8.04. The highest BCUT2D eigenvalue weighted by molar-refractivity contribution is 7.92. The third-order valence-corrected chi connectivity index (χ3v) is 8.83. The van der Waals surface area contributed by atoms with E-state index in [4.69, 9.17) is 9.97 Å². The number of rotatable bonds is 8. The zero-order chi connectivity index (χ0) is 29.8. The number of sulfonamides is 1. The molecule has 218 valence electrons. The lowest BCUT2D eigenvalue weighted by Gasteiger charge is -2.40. The first-order valence-corrected chi connectivity index (χ1v) is 15.6. The topological polar surface area (TPSA) is 108 Å². The van der Waals surface area contributed by atoms with Crippen molar-refractivity contribution in [2.75, 3.05) is 41.1 Å². The summed E-state index contributed by atoms with van der Waals surface area (Å²) in [6.07, 6.45) is 0. The van der Waals surface area contributed by atoms with Gasteiger partial charge in [0.1, 0.15) is 0 Å². The standard InChI is InChI=1S/C33H32N6O3S/c1-24(40)34-27-16-18-28(19-17-27)43(41,42)37-32-33(36-30-15-9-8-14-29(30)35-32)39-22-20-38(21-23-39)31(25-10-4-2-5-11-25)26-12-6-3-7-13-26/h2-19,31H,20-23H2,1H3,(H,34,40)(H,35,37). The fourth-order valence-corrected chi connectivity index (χ4v) is 6.47. The van der Waals surface area contributed by atoms with Gasteiger partial charge in [-0.15, -0.1) is 0 Å². The third kappa shape index (κ3) is 6.35. The molecule has 0 radical (unpaired) electrons. The molecular formula is C33H32N6O3S. The van der Waals surface area contributed by atoms with Crippen molar-refractivity contribution in [3.8, 4) is 0 Å². The summed E-state index contributed by atoms with van der Waals surface area (Å²) in [6, 6.07) is 34.5. The van der Waals surface area contributed by atoms with Crippen LogP contribution in [0, 0.1) is 0 Å². The summed E-state index contributed by atoms with van der Waals surface area (Å²) >= 11 is 0. The second-order valence-electron chi connectivity index (χ2n) is 10.4. The lowest BCUT2D eigenvalue weighted by atomic mass is 9.96. The first-order valence-electron chi connectivity index (χ1n) is 14.1. The van der Waals surface area contributed by atoms with E-state index in [-0.39, 0.29) is 22.7 Å².